The van der Waals surface area contributed by atoms with Crippen LogP contribution in [-0.4, -0.2) is 20.8 Å². The van der Waals surface area contributed by atoms with Gasteiger partial charge in [0.15, 0.2) is 0 Å². The van der Waals surface area contributed by atoms with Crippen molar-refractivity contribution in [3.05, 3.63) is 52.6 Å². The van der Waals surface area contributed by atoms with Crippen molar-refractivity contribution in [2.24, 2.45) is 0 Å². The topological polar surface area (TPSA) is 67.2 Å². The molecule has 0 saturated heterocycles. The summed E-state index contributed by atoms with van der Waals surface area (Å²) in [6.07, 6.45) is 0. The summed E-state index contributed by atoms with van der Waals surface area (Å²) in [5.74, 6) is -0.743. The molecule has 124 valence electrons. The second kappa shape index (κ2) is 6.50. The van der Waals surface area contributed by atoms with E-state index in [9.17, 15) is 9.18 Å². The van der Waals surface area contributed by atoms with Gasteiger partial charge in [0.05, 0.1) is 12.1 Å². The lowest BCUT2D eigenvalue weighted by Crippen LogP contribution is -2.27. The molecule has 2 rings (SSSR count). The van der Waals surface area contributed by atoms with Crippen molar-refractivity contribution in [2.45, 2.75) is 46.4 Å². The smallest absolute Gasteiger partial charge is 0.272 e. The number of aromatic nitrogens is 2. The van der Waals surface area contributed by atoms with E-state index < -0.39 is 5.82 Å². The molecule has 0 atom stereocenters. The largest absolute Gasteiger partial charge is 0.392 e. The highest BCUT2D eigenvalue weighted by molar-refractivity contribution is 5.92. The molecule has 5 nitrogen and oxygen atoms in total. The van der Waals surface area contributed by atoms with Crippen molar-refractivity contribution < 1.29 is 14.3 Å². The average molecular weight is 319 g/mol. The standard InChI is InChI=1S/C17H22FN3O2/c1-11-7-15(20-21(11)17(2,3)4)16(23)19-9-12-5-6-14(18)13(8-12)10-22/h5-8,22H,9-10H2,1-4H3,(H,19,23). The molecule has 0 saturated carbocycles. The fourth-order valence-electron chi connectivity index (χ4n) is 2.40. The molecule has 1 amide bonds. The fraction of sp³-hybridized carbons (Fsp3) is 0.412. The van der Waals surface area contributed by atoms with Crippen molar-refractivity contribution >= 4 is 5.91 Å². The maximum Gasteiger partial charge on any atom is 0.272 e. The first-order valence-electron chi connectivity index (χ1n) is 7.46. The van der Waals surface area contributed by atoms with Gasteiger partial charge in [-0.1, -0.05) is 6.07 Å². The Morgan fingerprint density at radius 3 is 2.61 bits per heavy atom. The highest BCUT2D eigenvalue weighted by Gasteiger charge is 2.20. The molecule has 0 aliphatic rings. The van der Waals surface area contributed by atoms with E-state index in [1.807, 2.05) is 32.4 Å². The van der Waals surface area contributed by atoms with Crippen LogP contribution in [0.3, 0.4) is 0 Å². The van der Waals surface area contributed by atoms with Gasteiger partial charge in [-0.3, -0.25) is 9.48 Å². The monoisotopic (exact) mass is 319 g/mol. The molecule has 0 spiro atoms. The number of benzene rings is 1. The molecular formula is C17H22FN3O2. The fourth-order valence-corrected chi connectivity index (χ4v) is 2.40. The van der Waals surface area contributed by atoms with Crippen molar-refractivity contribution in [3.63, 3.8) is 0 Å². The number of aliphatic hydroxyl groups excluding tert-OH is 1. The van der Waals surface area contributed by atoms with Gasteiger partial charge in [-0.2, -0.15) is 5.10 Å². The number of carbonyl (C=O) groups is 1. The first-order chi connectivity index (χ1) is 10.7. The lowest BCUT2D eigenvalue weighted by atomic mass is 10.1. The van der Waals surface area contributed by atoms with Gasteiger partial charge in [0.2, 0.25) is 0 Å². The normalized spacial score (nSPS) is 11.6. The minimum Gasteiger partial charge on any atom is -0.392 e. The van der Waals surface area contributed by atoms with Crippen LogP contribution in [0.5, 0.6) is 0 Å². The summed E-state index contributed by atoms with van der Waals surface area (Å²) in [5, 5.41) is 16.2. The number of aliphatic hydroxyl groups is 1. The number of rotatable bonds is 4. The summed E-state index contributed by atoms with van der Waals surface area (Å²) >= 11 is 0. The predicted molar refractivity (Wildman–Crippen MR) is 85.5 cm³/mol. The zero-order valence-electron chi connectivity index (χ0n) is 13.9. The Morgan fingerprint density at radius 2 is 2.04 bits per heavy atom. The van der Waals surface area contributed by atoms with Crippen LogP contribution in [0, 0.1) is 12.7 Å². The van der Waals surface area contributed by atoms with Crippen molar-refractivity contribution in [3.8, 4) is 0 Å². The van der Waals surface area contributed by atoms with Crippen LogP contribution < -0.4 is 5.32 Å². The Balaban J connectivity index is 2.08. The van der Waals surface area contributed by atoms with E-state index in [0.29, 0.717) is 5.69 Å². The zero-order chi connectivity index (χ0) is 17.2. The molecule has 1 aromatic heterocycles. The molecule has 0 fully saturated rings. The number of nitrogens with one attached hydrogen (secondary N) is 1. The van der Waals surface area contributed by atoms with Crippen molar-refractivity contribution in [2.75, 3.05) is 0 Å². The van der Waals surface area contributed by atoms with Gasteiger partial charge in [0.25, 0.3) is 5.91 Å². The van der Waals surface area contributed by atoms with Gasteiger partial charge in [-0.25, -0.2) is 4.39 Å². The Labute approximate surface area is 135 Å². The Morgan fingerprint density at radius 1 is 1.35 bits per heavy atom. The van der Waals surface area contributed by atoms with Gasteiger partial charge < -0.3 is 10.4 Å². The molecule has 0 radical (unpaired) electrons. The second-order valence-electron chi connectivity index (χ2n) is 6.52. The molecule has 23 heavy (non-hydrogen) atoms. The van der Waals surface area contributed by atoms with Crippen LogP contribution in [0.4, 0.5) is 4.39 Å². The molecule has 0 bridgehead atoms. The van der Waals surface area contributed by atoms with E-state index in [2.05, 4.69) is 10.4 Å². The third kappa shape index (κ3) is 3.96. The van der Waals surface area contributed by atoms with E-state index in [0.717, 1.165) is 11.3 Å². The minimum absolute atomic E-state index is 0.199. The number of amides is 1. The van der Waals surface area contributed by atoms with E-state index in [1.54, 1.807) is 12.1 Å². The molecule has 1 aromatic carbocycles. The highest BCUT2D eigenvalue weighted by atomic mass is 19.1. The van der Waals surface area contributed by atoms with E-state index in [4.69, 9.17) is 5.11 Å². The number of aryl methyl sites for hydroxylation is 1. The summed E-state index contributed by atoms with van der Waals surface area (Å²) in [5.41, 5.74) is 1.99. The second-order valence-corrected chi connectivity index (χ2v) is 6.52. The predicted octanol–water partition coefficient (Wildman–Crippen LogP) is 2.51. The molecule has 0 unspecified atom stereocenters. The Kier molecular flexibility index (Phi) is 4.85. The average Bonchev–Trinajstić information content (AvgIpc) is 2.88. The summed E-state index contributed by atoms with van der Waals surface area (Å²) in [7, 11) is 0. The first-order valence-corrected chi connectivity index (χ1v) is 7.46. The SMILES string of the molecule is Cc1cc(C(=O)NCc2ccc(F)c(CO)c2)nn1C(C)(C)C. The number of hydrogen-bond donors (Lipinski definition) is 2. The lowest BCUT2D eigenvalue weighted by molar-refractivity contribution is 0.0944. The summed E-state index contributed by atoms with van der Waals surface area (Å²) in [4.78, 5) is 12.2. The van der Waals surface area contributed by atoms with Crippen LogP contribution in [0.2, 0.25) is 0 Å². The third-order valence-electron chi connectivity index (χ3n) is 3.49. The number of nitrogens with zero attached hydrogens (tertiary/aromatic N) is 2. The number of halogens is 1. The molecule has 2 aromatic rings. The number of hydrogen-bond acceptors (Lipinski definition) is 3. The van der Waals surface area contributed by atoms with Gasteiger partial charge in [0.1, 0.15) is 11.5 Å². The summed E-state index contributed by atoms with van der Waals surface area (Å²) < 4.78 is 15.1. The quantitative estimate of drug-likeness (QED) is 0.910. The summed E-state index contributed by atoms with van der Waals surface area (Å²) in [6, 6.07) is 6.14. The molecule has 0 aliphatic heterocycles. The van der Waals surface area contributed by atoms with Crippen LogP contribution >= 0.6 is 0 Å². The summed E-state index contributed by atoms with van der Waals surface area (Å²) in [6.45, 7) is 7.83. The highest BCUT2D eigenvalue weighted by Crippen LogP contribution is 2.17. The van der Waals surface area contributed by atoms with E-state index in [-0.39, 0.29) is 30.2 Å². The first kappa shape index (κ1) is 17.1. The van der Waals surface area contributed by atoms with E-state index >= 15 is 0 Å². The van der Waals surface area contributed by atoms with Gasteiger partial charge in [0, 0.05) is 17.8 Å². The van der Waals surface area contributed by atoms with Gasteiger partial charge in [-0.15, -0.1) is 0 Å². The maximum absolute atomic E-state index is 13.3. The lowest BCUT2D eigenvalue weighted by Gasteiger charge is -2.21. The van der Waals surface area contributed by atoms with Crippen LogP contribution in [0.25, 0.3) is 0 Å². The molecule has 6 heteroatoms. The third-order valence-corrected chi connectivity index (χ3v) is 3.49. The molecular weight excluding hydrogens is 297 g/mol. The Bertz CT molecular complexity index is 717. The Hall–Kier alpha value is -2.21. The maximum atomic E-state index is 13.3. The van der Waals surface area contributed by atoms with Gasteiger partial charge in [-0.05, 0) is 51.5 Å². The van der Waals surface area contributed by atoms with Crippen molar-refractivity contribution in [1.29, 1.82) is 0 Å². The van der Waals surface area contributed by atoms with Gasteiger partial charge >= 0.3 is 0 Å². The molecule has 2 N–H and O–H groups in total. The molecule has 1 heterocycles. The zero-order valence-corrected chi connectivity index (χ0v) is 13.9. The van der Waals surface area contributed by atoms with Crippen LogP contribution in [0.15, 0.2) is 24.3 Å². The molecule has 0 aliphatic carbocycles. The van der Waals surface area contributed by atoms with Crippen LogP contribution in [-0.2, 0) is 18.7 Å². The van der Waals surface area contributed by atoms with Crippen LogP contribution in [0.1, 0.15) is 48.1 Å². The number of carbonyl (C=O) groups excluding carboxylic acids is 1. The van der Waals surface area contributed by atoms with Crippen molar-refractivity contribution in [1.82, 2.24) is 15.1 Å². The van der Waals surface area contributed by atoms with E-state index in [1.165, 1.54) is 12.1 Å². The minimum atomic E-state index is -0.456.